The van der Waals surface area contributed by atoms with E-state index in [1.807, 2.05) is 6.26 Å². The molecule has 0 radical (unpaired) electrons. The Morgan fingerprint density at radius 1 is 1.12 bits per heavy atom. The van der Waals surface area contributed by atoms with E-state index in [0.717, 1.165) is 4.90 Å². The van der Waals surface area contributed by atoms with Gasteiger partial charge in [-0.15, -0.1) is 11.8 Å². The number of benzene rings is 2. The predicted molar refractivity (Wildman–Crippen MR) is 95.9 cm³/mol. The van der Waals surface area contributed by atoms with E-state index < -0.39 is 10.0 Å². The van der Waals surface area contributed by atoms with Gasteiger partial charge in [-0.05, 0) is 36.6 Å². The molecule has 0 aliphatic carbocycles. The summed E-state index contributed by atoms with van der Waals surface area (Å²) in [6.07, 6.45) is 1.85. The molecular formula is C16H16N2O5S2. The van der Waals surface area contributed by atoms with Crippen LogP contribution in [0, 0.1) is 0 Å². The number of nitrogens with one attached hydrogen (secondary N) is 2. The van der Waals surface area contributed by atoms with Crippen molar-refractivity contribution in [2.75, 3.05) is 23.1 Å². The van der Waals surface area contributed by atoms with Gasteiger partial charge < -0.3 is 14.8 Å². The van der Waals surface area contributed by atoms with E-state index in [0.29, 0.717) is 22.9 Å². The van der Waals surface area contributed by atoms with Crippen molar-refractivity contribution in [1.29, 1.82) is 0 Å². The van der Waals surface area contributed by atoms with Crippen molar-refractivity contribution < 1.29 is 22.7 Å². The number of hydrogen-bond acceptors (Lipinski definition) is 6. The second-order valence-corrected chi connectivity index (χ2v) is 7.75. The maximum Gasteiger partial charge on any atom is 0.261 e. The summed E-state index contributed by atoms with van der Waals surface area (Å²) in [4.78, 5) is 12.2. The average molecular weight is 380 g/mol. The Bertz CT molecular complexity index is 928. The minimum Gasteiger partial charge on any atom is -0.454 e. The molecule has 25 heavy (non-hydrogen) atoms. The second-order valence-electron chi connectivity index (χ2n) is 5.22. The molecule has 1 aliphatic heterocycles. The zero-order chi connectivity index (χ0) is 18.0. The Balaban J connectivity index is 1.90. The van der Waals surface area contributed by atoms with Crippen molar-refractivity contribution in [3.05, 3.63) is 36.4 Å². The standard InChI is InChI=1S/C16H16N2O5S2/c1-10(19)17-13-8-12(4-6-16(13)24-2)25(20,21)18-11-3-5-14-15(7-11)23-9-22-14/h3-8,18H,9H2,1-2H3,(H,17,19). The second kappa shape index (κ2) is 6.85. The van der Waals surface area contributed by atoms with Gasteiger partial charge >= 0.3 is 0 Å². The smallest absolute Gasteiger partial charge is 0.261 e. The number of sulfonamides is 1. The van der Waals surface area contributed by atoms with Gasteiger partial charge in [0.2, 0.25) is 12.7 Å². The zero-order valence-electron chi connectivity index (χ0n) is 13.5. The Hall–Kier alpha value is -2.39. The van der Waals surface area contributed by atoms with Crippen molar-refractivity contribution in [3.8, 4) is 11.5 Å². The third-order valence-electron chi connectivity index (χ3n) is 3.42. The van der Waals surface area contributed by atoms with Crippen LogP contribution in [0.3, 0.4) is 0 Å². The monoisotopic (exact) mass is 380 g/mol. The van der Waals surface area contributed by atoms with Crippen LogP contribution in [-0.4, -0.2) is 27.4 Å². The highest BCUT2D eigenvalue weighted by molar-refractivity contribution is 7.98. The molecule has 7 nitrogen and oxygen atoms in total. The summed E-state index contributed by atoms with van der Waals surface area (Å²) in [6, 6.07) is 9.37. The van der Waals surface area contributed by atoms with Gasteiger partial charge in [0.05, 0.1) is 16.3 Å². The summed E-state index contributed by atoms with van der Waals surface area (Å²) in [5.74, 6) is 0.783. The van der Waals surface area contributed by atoms with Gasteiger partial charge in [0.15, 0.2) is 11.5 Å². The lowest BCUT2D eigenvalue weighted by Gasteiger charge is -2.12. The number of thioether (sulfide) groups is 1. The molecule has 1 amide bonds. The number of carbonyl (C=O) groups excluding carboxylic acids is 1. The molecule has 0 atom stereocenters. The fraction of sp³-hybridized carbons (Fsp3) is 0.188. The molecule has 1 aliphatic rings. The molecule has 0 unspecified atom stereocenters. The summed E-state index contributed by atoms with van der Waals surface area (Å²) >= 11 is 1.41. The third-order valence-corrected chi connectivity index (χ3v) is 5.59. The van der Waals surface area contributed by atoms with E-state index in [2.05, 4.69) is 10.0 Å². The van der Waals surface area contributed by atoms with Crippen molar-refractivity contribution in [3.63, 3.8) is 0 Å². The molecule has 1 heterocycles. The molecular weight excluding hydrogens is 364 g/mol. The summed E-state index contributed by atoms with van der Waals surface area (Å²) in [5.41, 5.74) is 0.813. The summed E-state index contributed by atoms with van der Waals surface area (Å²) < 4.78 is 38.2. The van der Waals surface area contributed by atoms with Crippen LogP contribution in [0.5, 0.6) is 11.5 Å². The van der Waals surface area contributed by atoms with Crippen LogP contribution < -0.4 is 19.5 Å². The normalized spacial score (nSPS) is 12.7. The summed E-state index contributed by atoms with van der Waals surface area (Å²) in [5, 5.41) is 2.65. The van der Waals surface area contributed by atoms with Gasteiger partial charge in [-0.25, -0.2) is 8.42 Å². The van der Waals surface area contributed by atoms with Crippen LogP contribution in [0.25, 0.3) is 0 Å². The van der Waals surface area contributed by atoms with Gasteiger partial charge in [-0.1, -0.05) is 0 Å². The highest BCUT2D eigenvalue weighted by Gasteiger charge is 2.19. The summed E-state index contributed by atoms with van der Waals surface area (Å²) in [6.45, 7) is 1.48. The molecule has 132 valence electrons. The quantitative estimate of drug-likeness (QED) is 0.775. The lowest BCUT2D eigenvalue weighted by atomic mass is 10.3. The van der Waals surface area contributed by atoms with Crippen molar-refractivity contribution in [1.82, 2.24) is 0 Å². The molecule has 9 heteroatoms. The van der Waals surface area contributed by atoms with Gasteiger partial charge in [0.1, 0.15) is 0 Å². The SMILES string of the molecule is CSc1ccc(S(=O)(=O)Nc2ccc3c(c2)OCO3)cc1NC(C)=O. The number of ether oxygens (including phenoxy) is 2. The number of rotatable bonds is 5. The van der Waals surface area contributed by atoms with Crippen LogP contribution in [0.15, 0.2) is 46.2 Å². The van der Waals surface area contributed by atoms with E-state index in [-0.39, 0.29) is 17.6 Å². The van der Waals surface area contributed by atoms with E-state index in [9.17, 15) is 13.2 Å². The van der Waals surface area contributed by atoms with Crippen LogP contribution in [0.2, 0.25) is 0 Å². The lowest BCUT2D eigenvalue weighted by molar-refractivity contribution is -0.114. The van der Waals surface area contributed by atoms with E-state index in [1.54, 1.807) is 24.3 Å². The van der Waals surface area contributed by atoms with Gasteiger partial charge in [-0.2, -0.15) is 0 Å². The van der Waals surface area contributed by atoms with E-state index in [4.69, 9.17) is 9.47 Å². The predicted octanol–water partition coefficient (Wildman–Crippen LogP) is 2.90. The van der Waals surface area contributed by atoms with Crippen LogP contribution in [0.4, 0.5) is 11.4 Å². The third kappa shape index (κ3) is 3.83. The van der Waals surface area contributed by atoms with E-state index in [1.165, 1.54) is 30.8 Å². The highest BCUT2D eigenvalue weighted by atomic mass is 32.2. The molecule has 0 saturated heterocycles. The Morgan fingerprint density at radius 2 is 1.88 bits per heavy atom. The van der Waals surface area contributed by atoms with Crippen molar-refractivity contribution in [2.24, 2.45) is 0 Å². The molecule has 0 saturated carbocycles. The minimum atomic E-state index is -3.82. The topological polar surface area (TPSA) is 93.7 Å². The Kier molecular flexibility index (Phi) is 4.78. The lowest BCUT2D eigenvalue weighted by Crippen LogP contribution is -2.14. The number of fused-ring (bicyclic) bond motifs is 1. The van der Waals surface area contributed by atoms with Crippen LogP contribution >= 0.6 is 11.8 Å². The molecule has 0 bridgehead atoms. The van der Waals surface area contributed by atoms with E-state index >= 15 is 0 Å². The maximum atomic E-state index is 12.6. The Labute approximate surface area is 149 Å². The average Bonchev–Trinajstić information content (AvgIpc) is 3.01. The first kappa shape index (κ1) is 17.4. The van der Waals surface area contributed by atoms with Crippen molar-refractivity contribution >= 4 is 39.1 Å². The number of carbonyl (C=O) groups is 1. The fourth-order valence-corrected chi connectivity index (χ4v) is 3.92. The largest absolute Gasteiger partial charge is 0.454 e. The number of anilines is 2. The number of hydrogen-bond donors (Lipinski definition) is 2. The summed E-state index contributed by atoms with van der Waals surface area (Å²) in [7, 11) is -3.82. The van der Waals surface area contributed by atoms with Crippen LogP contribution in [0.1, 0.15) is 6.92 Å². The molecule has 2 aromatic rings. The fourth-order valence-electron chi connectivity index (χ4n) is 2.32. The molecule has 0 fully saturated rings. The molecule has 2 aromatic carbocycles. The minimum absolute atomic E-state index is 0.0479. The first-order chi connectivity index (χ1) is 11.9. The maximum absolute atomic E-state index is 12.6. The zero-order valence-corrected chi connectivity index (χ0v) is 15.2. The van der Waals surface area contributed by atoms with Gasteiger partial charge in [0.25, 0.3) is 10.0 Å². The first-order valence-electron chi connectivity index (χ1n) is 7.27. The van der Waals surface area contributed by atoms with Gasteiger partial charge in [-0.3, -0.25) is 9.52 Å². The molecule has 0 spiro atoms. The highest BCUT2D eigenvalue weighted by Crippen LogP contribution is 2.35. The molecule has 3 rings (SSSR count). The van der Waals surface area contributed by atoms with Crippen molar-refractivity contribution in [2.45, 2.75) is 16.7 Å². The van der Waals surface area contributed by atoms with Gasteiger partial charge in [0, 0.05) is 17.9 Å². The first-order valence-corrected chi connectivity index (χ1v) is 9.98. The molecule has 0 aromatic heterocycles. The Morgan fingerprint density at radius 3 is 2.60 bits per heavy atom. The number of amides is 1. The molecule has 2 N–H and O–H groups in total. The van der Waals surface area contributed by atoms with Crippen LogP contribution in [-0.2, 0) is 14.8 Å².